The zero-order valence-electron chi connectivity index (χ0n) is 10.8. The third-order valence-electron chi connectivity index (χ3n) is 2.73. The highest BCUT2D eigenvalue weighted by Crippen LogP contribution is 2.28. The maximum Gasteiger partial charge on any atom is 0.0772 e. The summed E-state index contributed by atoms with van der Waals surface area (Å²) >= 11 is 3.45. The molecule has 0 aliphatic heterocycles. The molecule has 1 aromatic rings. The van der Waals surface area contributed by atoms with Crippen LogP contribution < -0.4 is 4.90 Å². The van der Waals surface area contributed by atoms with Crippen molar-refractivity contribution in [2.24, 2.45) is 0 Å². The standard InChI is InChI=1S/C13H20BrNO3/c1-10(17)12-4-3-11(9-13(12)14)15(5-7-16)6-8-18-2/h3-4,9-10,16-17H,5-8H2,1-2H3/t10-/m0/s1. The lowest BCUT2D eigenvalue weighted by Crippen LogP contribution is -2.30. The van der Waals surface area contributed by atoms with E-state index < -0.39 is 6.10 Å². The molecule has 18 heavy (non-hydrogen) atoms. The molecule has 1 rings (SSSR count). The largest absolute Gasteiger partial charge is 0.395 e. The number of hydrogen-bond acceptors (Lipinski definition) is 4. The van der Waals surface area contributed by atoms with Gasteiger partial charge in [-0.3, -0.25) is 0 Å². The molecule has 0 heterocycles. The lowest BCUT2D eigenvalue weighted by molar-refractivity contribution is 0.198. The van der Waals surface area contributed by atoms with Crippen LogP contribution in [0.1, 0.15) is 18.6 Å². The summed E-state index contributed by atoms with van der Waals surface area (Å²) < 4.78 is 5.93. The summed E-state index contributed by atoms with van der Waals surface area (Å²) in [5.74, 6) is 0. The minimum Gasteiger partial charge on any atom is -0.395 e. The first-order chi connectivity index (χ1) is 8.60. The van der Waals surface area contributed by atoms with Gasteiger partial charge in [0, 0.05) is 30.4 Å². The molecule has 0 saturated carbocycles. The predicted molar refractivity (Wildman–Crippen MR) is 76.0 cm³/mol. The fourth-order valence-corrected chi connectivity index (χ4v) is 2.44. The number of hydrogen-bond donors (Lipinski definition) is 2. The van der Waals surface area contributed by atoms with E-state index in [1.54, 1.807) is 14.0 Å². The van der Waals surface area contributed by atoms with Gasteiger partial charge in [0.05, 0.1) is 19.3 Å². The molecule has 0 spiro atoms. The highest BCUT2D eigenvalue weighted by molar-refractivity contribution is 9.10. The maximum absolute atomic E-state index is 9.58. The molecule has 0 saturated heterocycles. The number of aliphatic hydroxyl groups is 2. The summed E-state index contributed by atoms with van der Waals surface area (Å²) in [6, 6.07) is 5.78. The summed E-state index contributed by atoms with van der Waals surface area (Å²) in [7, 11) is 1.66. The average Bonchev–Trinajstić information content (AvgIpc) is 2.33. The van der Waals surface area contributed by atoms with Gasteiger partial charge in [-0.05, 0) is 24.6 Å². The Bertz CT molecular complexity index is 371. The van der Waals surface area contributed by atoms with Gasteiger partial charge in [0.15, 0.2) is 0 Å². The monoisotopic (exact) mass is 317 g/mol. The lowest BCUT2D eigenvalue weighted by atomic mass is 10.1. The van der Waals surface area contributed by atoms with Crippen LogP contribution in [0.25, 0.3) is 0 Å². The van der Waals surface area contributed by atoms with Gasteiger partial charge in [0.1, 0.15) is 0 Å². The Balaban J connectivity index is 2.88. The van der Waals surface area contributed by atoms with E-state index in [0.717, 1.165) is 22.3 Å². The number of ether oxygens (including phenoxy) is 1. The molecule has 102 valence electrons. The van der Waals surface area contributed by atoms with Gasteiger partial charge in [0.2, 0.25) is 0 Å². The van der Waals surface area contributed by atoms with Crippen LogP contribution >= 0.6 is 15.9 Å². The first-order valence-electron chi connectivity index (χ1n) is 5.92. The SMILES string of the molecule is COCCN(CCO)c1ccc([C@H](C)O)c(Br)c1. The van der Waals surface area contributed by atoms with Crippen molar-refractivity contribution < 1.29 is 14.9 Å². The van der Waals surface area contributed by atoms with Crippen LogP contribution in [-0.2, 0) is 4.74 Å². The number of methoxy groups -OCH3 is 1. The van der Waals surface area contributed by atoms with E-state index in [0.29, 0.717) is 13.2 Å². The topological polar surface area (TPSA) is 52.9 Å². The van der Waals surface area contributed by atoms with E-state index in [9.17, 15) is 5.11 Å². The molecular formula is C13H20BrNO3. The minimum absolute atomic E-state index is 0.0967. The van der Waals surface area contributed by atoms with Crippen molar-refractivity contribution in [2.75, 3.05) is 38.3 Å². The molecule has 1 atom stereocenters. The molecule has 0 unspecified atom stereocenters. The third-order valence-corrected chi connectivity index (χ3v) is 3.42. The molecule has 5 heteroatoms. The van der Waals surface area contributed by atoms with E-state index in [1.165, 1.54) is 0 Å². The van der Waals surface area contributed by atoms with Gasteiger partial charge in [-0.25, -0.2) is 0 Å². The fraction of sp³-hybridized carbons (Fsp3) is 0.538. The smallest absolute Gasteiger partial charge is 0.0772 e. The van der Waals surface area contributed by atoms with Crippen molar-refractivity contribution in [3.05, 3.63) is 28.2 Å². The van der Waals surface area contributed by atoms with Crippen LogP contribution in [0.4, 0.5) is 5.69 Å². The van der Waals surface area contributed by atoms with E-state index >= 15 is 0 Å². The molecule has 2 N–H and O–H groups in total. The molecule has 0 fully saturated rings. The van der Waals surface area contributed by atoms with Gasteiger partial charge in [0.25, 0.3) is 0 Å². The van der Waals surface area contributed by atoms with Crippen molar-refractivity contribution in [1.29, 1.82) is 0 Å². The molecule has 4 nitrogen and oxygen atoms in total. The van der Waals surface area contributed by atoms with E-state index in [1.807, 2.05) is 23.1 Å². The van der Waals surface area contributed by atoms with Crippen molar-refractivity contribution >= 4 is 21.6 Å². The number of anilines is 1. The summed E-state index contributed by atoms with van der Waals surface area (Å²) in [5, 5.41) is 18.7. The molecule has 1 aromatic carbocycles. The Kier molecular flexibility index (Phi) is 6.63. The van der Waals surface area contributed by atoms with E-state index in [2.05, 4.69) is 15.9 Å². The molecule has 0 bridgehead atoms. The van der Waals surface area contributed by atoms with Crippen molar-refractivity contribution in [3.8, 4) is 0 Å². The molecule has 0 aromatic heterocycles. The van der Waals surface area contributed by atoms with E-state index in [-0.39, 0.29) is 6.61 Å². The lowest BCUT2D eigenvalue weighted by Gasteiger charge is -2.24. The van der Waals surface area contributed by atoms with Gasteiger partial charge in [-0.2, -0.15) is 0 Å². The van der Waals surface area contributed by atoms with Crippen LogP contribution in [0.15, 0.2) is 22.7 Å². The number of halogens is 1. The van der Waals surface area contributed by atoms with Crippen LogP contribution in [0.3, 0.4) is 0 Å². The molecular weight excluding hydrogens is 298 g/mol. The summed E-state index contributed by atoms with van der Waals surface area (Å²) in [5.41, 5.74) is 1.85. The number of rotatable bonds is 7. The first kappa shape index (κ1) is 15.4. The Labute approximate surface area is 116 Å². The zero-order valence-corrected chi connectivity index (χ0v) is 12.4. The van der Waals surface area contributed by atoms with Crippen molar-refractivity contribution in [2.45, 2.75) is 13.0 Å². The van der Waals surface area contributed by atoms with Gasteiger partial charge in [-0.1, -0.05) is 22.0 Å². The highest BCUT2D eigenvalue weighted by Gasteiger charge is 2.10. The van der Waals surface area contributed by atoms with E-state index in [4.69, 9.17) is 9.84 Å². The Morgan fingerprint density at radius 2 is 2.11 bits per heavy atom. The van der Waals surface area contributed by atoms with Crippen LogP contribution in [0.2, 0.25) is 0 Å². The molecule has 0 aliphatic carbocycles. The van der Waals surface area contributed by atoms with Crippen molar-refractivity contribution in [1.82, 2.24) is 0 Å². The Hall–Kier alpha value is -0.620. The summed E-state index contributed by atoms with van der Waals surface area (Å²) in [4.78, 5) is 2.04. The van der Waals surface area contributed by atoms with Crippen LogP contribution in [0.5, 0.6) is 0 Å². The van der Waals surface area contributed by atoms with Gasteiger partial charge >= 0.3 is 0 Å². The quantitative estimate of drug-likeness (QED) is 0.807. The molecule has 0 radical (unpaired) electrons. The summed E-state index contributed by atoms with van der Waals surface area (Å²) in [6.45, 7) is 3.72. The average molecular weight is 318 g/mol. The van der Waals surface area contributed by atoms with Gasteiger partial charge < -0.3 is 19.8 Å². The number of aliphatic hydroxyl groups excluding tert-OH is 2. The first-order valence-corrected chi connectivity index (χ1v) is 6.71. The van der Waals surface area contributed by atoms with Crippen LogP contribution in [0, 0.1) is 0 Å². The second-order valence-corrected chi connectivity index (χ2v) is 4.94. The second-order valence-electron chi connectivity index (χ2n) is 4.09. The fourth-order valence-electron chi connectivity index (χ4n) is 1.74. The molecule has 0 aliphatic rings. The Morgan fingerprint density at radius 3 is 2.61 bits per heavy atom. The van der Waals surface area contributed by atoms with Crippen LogP contribution in [-0.4, -0.2) is 43.6 Å². The number of nitrogens with zero attached hydrogens (tertiary/aromatic N) is 1. The second kappa shape index (κ2) is 7.74. The zero-order chi connectivity index (χ0) is 13.5. The normalized spacial score (nSPS) is 12.5. The molecule has 0 amide bonds. The summed E-state index contributed by atoms with van der Waals surface area (Å²) in [6.07, 6.45) is -0.501. The predicted octanol–water partition coefficient (Wildman–Crippen LogP) is 1.95. The number of benzene rings is 1. The highest BCUT2D eigenvalue weighted by atomic mass is 79.9. The Morgan fingerprint density at radius 1 is 1.39 bits per heavy atom. The maximum atomic E-state index is 9.58. The third kappa shape index (κ3) is 4.24. The van der Waals surface area contributed by atoms with Gasteiger partial charge in [-0.15, -0.1) is 0 Å². The van der Waals surface area contributed by atoms with Crippen molar-refractivity contribution in [3.63, 3.8) is 0 Å². The minimum atomic E-state index is -0.501.